The minimum absolute atomic E-state index is 0.724. The lowest BCUT2D eigenvalue weighted by Crippen LogP contribution is -2.15. The third-order valence-corrected chi connectivity index (χ3v) is 1.79. The molecule has 0 aliphatic heterocycles. The van der Waals surface area contributed by atoms with Crippen LogP contribution in [0.4, 0.5) is 0 Å². The number of rotatable bonds is 3. The molecule has 0 bridgehead atoms. The number of hydrogen-bond donors (Lipinski definition) is 1. The van der Waals surface area contributed by atoms with E-state index in [2.05, 4.69) is 10.3 Å². The highest BCUT2D eigenvalue weighted by Gasteiger charge is 2.20. The first-order valence-electron chi connectivity index (χ1n) is 3.99. The predicted octanol–water partition coefficient (Wildman–Crippen LogP) is 1.24. The van der Waals surface area contributed by atoms with Crippen LogP contribution >= 0.6 is 0 Å². The minimum Gasteiger partial charge on any atom is -0.447 e. The summed E-state index contributed by atoms with van der Waals surface area (Å²) in [4.78, 5) is 4.18. The maximum absolute atomic E-state index is 5.17. The lowest BCUT2D eigenvalue weighted by Gasteiger charge is -1.95. The smallest absolute Gasteiger partial charge is 0.208 e. The third kappa shape index (κ3) is 1.80. The van der Waals surface area contributed by atoms with E-state index in [1.165, 1.54) is 12.8 Å². The SMILES string of the molecule is Cc1coc(CNC2CC2)n1. The molecule has 0 amide bonds. The molecule has 60 valence electrons. The van der Waals surface area contributed by atoms with Gasteiger partial charge in [-0.25, -0.2) is 4.98 Å². The molecule has 1 fully saturated rings. The highest BCUT2D eigenvalue weighted by Crippen LogP contribution is 2.19. The zero-order chi connectivity index (χ0) is 7.68. The van der Waals surface area contributed by atoms with Gasteiger partial charge in [-0.2, -0.15) is 0 Å². The van der Waals surface area contributed by atoms with Gasteiger partial charge in [-0.3, -0.25) is 0 Å². The van der Waals surface area contributed by atoms with Gasteiger partial charge >= 0.3 is 0 Å². The van der Waals surface area contributed by atoms with Gasteiger partial charge in [0, 0.05) is 6.04 Å². The highest BCUT2D eigenvalue weighted by atomic mass is 16.3. The average Bonchev–Trinajstić information content (AvgIpc) is 2.72. The van der Waals surface area contributed by atoms with Crippen LogP contribution in [0.25, 0.3) is 0 Å². The van der Waals surface area contributed by atoms with Crippen LogP contribution in [0.5, 0.6) is 0 Å². The van der Waals surface area contributed by atoms with Crippen molar-refractivity contribution in [2.45, 2.75) is 32.4 Å². The molecule has 1 aliphatic rings. The number of aryl methyl sites for hydroxylation is 1. The van der Waals surface area contributed by atoms with Gasteiger partial charge in [-0.15, -0.1) is 0 Å². The molecular weight excluding hydrogens is 140 g/mol. The van der Waals surface area contributed by atoms with Crippen LogP contribution in [0.3, 0.4) is 0 Å². The zero-order valence-corrected chi connectivity index (χ0v) is 6.63. The number of oxazole rings is 1. The molecule has 3 heteroatoms. The first-order valence-corrected chi connectivity index (χ1v) is 3.99. The van der Waals surface area contributed by atoms with E-state index in [0.717, 1.165) is 24.2 Å². The Bertz CT molecular complexity index is 240. The first-order chi connectivity index (χ1) is 5.34. The summed E-state index contributed by atoms with van der Waals surface area (Å²) in [6.07, 6.45) is 4.29. The summed E-state index contributed by atoms with van der Waals surface area (Å²) in [5.41, 5.74) is 0.956. The maximum atomic E-state index is 5.17. The summed E-state index contributed by atoms with van der Waals surface area (Å²) in [7, 11) is 0. The molecule has 0 saturated heterocycles. The molecular formula is C8H12N2O. The predicted molar refractivity (Wildman–Crippen MR) is 41.1 cm³/mol. The Morgan fingerprint density at radius 2 is 2.55 bits per heavy atom. The van der Waals surface area contributed by atoms with Gasteiger partial charge in [0.25, 0.3) is 0 Å². The van der Waals surface area contributed by atoms with E-state index in [1.54, 1.807) is 6.26 Å². The van der Waals surface area contributed by atoms with Crippen LogP contribution in [0.2, 0.25) is 0 Å². The van der Waals surface area contributed by atoms with Crippen molar-refractivity contribution < 1.29 is 4.42 Å². The monoisotopic (exact) mass is 152 g/mol. The summed E-state index contributed by atoms with van der Waals surface area (Å²) in [5, 5.41) is 3.33. The number of hydrogen-bond acceptors (Lipinski definition) is 3. The van der Waals surface area contributed by atoms with Crippen molar-refractivity contribution in [1.29, 1.82) is 0 Å². The highest BCUT2D eigenvalue weighted by molar-refractivity contribution is 4.93. The van der Waals surface area contributed by atoms with Crippen molar-refractivity contribution in [2.75, 3.05) is 0 Å². The second kappa shape index (κ2) is 2.66. The fourth-order valence-corrected chi connectivity index (χ4v) is 1.00. The first kappa shape index (κ1) is 6.85. The van der Waals surface area contributed by atoms with Crippen LogP contribution in [0, 0.1) is 6.92 Å². The van der Waals surface area contributed by atoms with E-state index in [0.29, 0.717) is 0 Å². The van der Waals surface area contributed by atoms with Crippen molar-refractivity contribution in [2.24, 2.45) is 0 Å². The van der Waals surface area contributed by atoms with E-state index in [-0.39, 0.29) is 0 Å². The van der Waals surface area contributed by atoms with Gasteiger partial charge in [0.2, 0.25) is 5.89 Å². The molecule has 1 heterocycles. The molecule has 3 nitrogen and oxygen atoms in total. The molecule has 0 spiro atoms. The quantitative estimate of drug-likeness (QED) is 0.708. The number of nitrogens with zero attached hydrogens (tertiary/aromatic N) is 1. The molecule has 0 atom stereocenters. The number of aromatic nitrogens is 1. The van der Waals surface area contributed by atoms with Gasteiger partial charge in [0.15, 0.2) is 0 Å². The maximum Gasteiger partial charge on any atom is 0.208 e. The minimum atomic E-state index is 0.724. The fraction of sp³-hybridized carbons (Fsp3) is 0.625. The van der Waals surface area contributed by atoms with E-state index in [1.807, 2.05) is 6.92 Å². The van der Waals surface area contributed by atoms with Crippen molar-refractivity contribution in [3.63, 3.8) is 0 Å². The van der Waals surface area contributed by atoms with Crippen LogP contribution < -0.4 is 5.32 Å². The van der Waals surface area contributed by atoms with Crippen molar-refractivity contribution in [3.05, 3.63) is 17.8 Å². The van der Waals surface area contributed by atoms with Gasteiger partial charge < -0.3 is 9.73 Å². The summed E-state index contributed by atoms with van der Waals surface area (Å²) >= 11 is 0. The Labute approximate surface area is 65.8 Å². The molecule has 1 aromatic heterocycles. The Hall–Kier alpha value is -0.830. The lowest BCUT2D eigenvalue weighted by molar-refractivity contribution is 0.467. The van der Waals surface area contributed by atoms with Crippen molar-refractivity contribution in [1.82, 2.24) is 10.3 Å². The molecule has 0 unspecified atom stereocenters. The standard InChI is InChI=1S/C8H12N2O/c1-6-5-11-8(10-6)4-9-7-2-3-7/h5,7,9H,2-4H2,1H3. The zero-order valence-electron chi connectivity index (χ0n) is 6.63. The van der Waals surface area contributed by atoms with Gasteiger partial charge in [0.05, 0.1) is 12.2 Å². The van der Waals surface area contributed by atoms with E-state index >= 15 is 0 Å². The van der Waals surface area contributed by atoms with Crippen molar-refractivity contribution >= 4 is 0 Å². The van der Waals surface area contributed by atoms with Gasteiger partial charge in [0.1, 0.15) is 6.26 Å². The average molecular weight is 152 g/mol. The summed E-state index contributed by atoms with van der Waals surface area (Å²) in [6.45, 7) is 2.71. The Morgan fingerprint density at radius 1 is 1.73 bits per heavy atom. The van der Waals surface area contributed by atoms with E-state index in [4.69, 9.17) is 4.42 Å². The second-order valence-electron chi connectivity index (χ2n) is 3.04. The summed E-state index contributed by atoms with van der Waals surface area (Å²) < 4.78 is 5.17. The van der Waals surface area contributed by atoms with Crippen molar-refractivity contribution in [3.8, 4) is 0 Å². The molecule has 1 N–H and O–H groups in total. The Balaban J connectivity index is 1.85. The molecule has 11 heavy (non-hydrogen) atoms. The molecule has 1 saturated carbocycles. The van der Waals surface area contributed by atoms with Crippen LogP contribution in [-0.4, -0.2) is 11.0 Å². The third-order valence-electron chi connectivity index (χ3n) is 1.79. The largest absolute Gasteiger partial charge is 0.447 e. The number of nitrogens with one attached hydrogen (secondary N) is 1. The van der Waals surface area contributed by atoms with Gasteiger partial charge in [-0.1, -0.05) is 0 Å². The lowest BCUT2D eigenvalue weighted by atomic mass is 10.5. The fourth-order valence-electron chi connectivity index (χ4n) is 1.00. The molecule has 0 radical (unpaired) electrons. The molecule has 1 aliphatic carbocycles. The van der Waals surface area contributed by atoms with Crippen LogP contribution in [0.1, 0.15) is 24.4 Å². The topological polar surface area (TPSA) is 38.1 Å². The summed E-state index contributed by atoms with van der Waals surface area (Å²) in [6, 6.07) is 0.724. The normalized spacial score (nSPS) is 17.2. The Kier molecular flexibility index (Phi) is 1.66. The molecule has 2 rings (SSSR count). The summed E-state index contributed by atoms with van der Waals surface area (Å²) in [5.74, 6) is 0.800. The van der Waals surface area contributed by atoms with E-state index in [9.17, 15) is 0 Å². The van der Waals surface area contributed by atoms with Crippen LogP contribution in [-0.2, 0) is 6.54 Å². The Morgan fingerprint density at radius 3 is 3.09 bits per heavy atom. The van der Waals surface area contributed by atoms with E-state index < -0.39 is 0 Å². The second-order valence-corrected chi connectivity index (χ2v) is 3.04. The molecule has 0 aromatic carbocycles. The van der Waals surface area contributed by atoms with Crippen LogP contribution in [0.15, 0.2) is 10.7 Å². The van der Waals surface area contributed by atoms with Gasteiger partial charge in [-0.05, 0) is 19.8 Å². The molecule has 1 aromatic rings.